The van der Waals surface area contributed by atoms with Crippen molar-refractivity contribution in [1.29, 1.82) is 0 Å². The first-order chi connectivity index (χ1) is 10.7. The van der Waals surface area contributed by atoms with E-state index in [2.05, 4.69) is 5.32 Å². The van der Waals surface area contributed by atoms with Crippen molar-refractivity contribution in [2.75, 3.05) is 19.7 Å². The van der Waals surface area contributed by atoms with Gasteiger partial charge in [0.25, 0.3) is 0 Å². The van der Waals surface area contributed by atoms with Gasteiger partial charge in [-0.2, -0.15) is 13.2 Å². The molecule has 132 valence electrons. The van der Waals surface area contributed by atoms with E-state index in [1.54, 1.807) is 6.92 Å². The highest BCUT2D eigenvalue weighted by atomic mass is 19.4. The molecular weight excluding hydrogens is 317 g/mol. The number of likely N-dealkylation sites (tertiary alicyclic amines) is 1. The Morgan fingerprint density at radius 1 is 1.30 bits per heavy atom. The van der Waals surface area contributed by atoms with Gasteiger partial charge in [-0.15, -0.1) is 0 Å². The lowest BCUT2D eigenvalue weighted by Gasteiger charge is -2.30. The molecule has 9 heteroatoms. The lowest BCUT2D eigenvalue weighted by molar-refractivity contribution is -0.187. The number of carbonyl (C=O) groups is 2. The van der Waals surface area contributed by atoms with E-state index in [1.165, 1.54) is 0 Å². The zero-order chi connectivity index (χ0) is 17.2. The van der Waals surface area contributed by atoms with Gasteiger partial charge >= 0.3 is 18.2 Å². The first-order valence-corrected chi connectivity index (χ1v) is 7.66. The van der Waals surface area contributed by atoms with Crippen LogP contribution in [0.15, 0.2) is 0 Å². The molecule has 2 fully saturated rings. The van der Waals surface area contributed by atoms with Crippen LogP contribution in [-0.2, 0) is 9.53 Å². The van der Waals surface area contributed by atoms with Crippen molar-refractivity contribution >= 4 is 12.0 Å². The predicted molar refractivity (Wildman–Crippen MR) is 73.8 cm³/mol. The number of ether oxygens (including phenoxy) is 1. The summed E-state index contributed by atoms with van der Waals surface area (Å²) < 4.78 is 44.3. The fraction of sp³-hybridized carbons (Fsp3) is 0.857. The first-order valence-electron chi connectivity index (χ1n) is 7.66. The zero-order valence-corrected chi connectivity index (χ0v) is 12.8. The highest BCUT2D eigenvalue weighted by Gasteiger charge is 2.53. The number of hydrogen-bond donors (Lipinski definition) is 2. The molecule has 0 saturated carbocycles. The van der Waals surface area contributed by atoms with Crippen LogP contribution in [0.3, 0.4) is 0 Å². The maximum Gasteiger partial charge on any atom is 0.394 e. The Labute approximate surface area is 132 Å². The Balaban J connectivity index is 1.95. The van der Waals surface area contributed by atoms with Crippen LogP contribution in [0.2, 0.25) is 0 Å². The van der Waals surface area contributed by atoms with Gasteiger partial charge in [0.15, 0.2) is 0 Å². The standard InChI is InChI=1S/C14H21F3N2O4/c1-8(11-4-2-3-5-23-11)18-13(22)19-6-9(12(20)21)10(7-19)14(15,16)17/h8-11H,2-7H2,1H3,(H,18,22)(H,20,21)/t8?,9-,10-,11?/m1/s1. The molecule has 0 bridgehead atoms. The van der Waals surface area contributed by atoms with E-state index in [-0.39, 0.29) is 12.1 Å². The van der Waals surface area contributed by atoms with E-state index in [0.29, 0.717) is 6.61 Å². The molecule has 2 amide bonds. The van der Waals surface area contributed by atoms with E-state index in [4.69, 9.17) is 9.84 Å². The summed E-state index contributed by atoms with van der Waals surface area (Å²) in [5.74, 6) is -5.19. The molecule has 0 spiro atoms. The third-order valence-corrected chi connectivity index (χ3v) is 4.47. The first kappa shape index (κ1) is 17.8. The Kier molecular flexibility index (Phi) is 5.38. The molecule has 2 unspecified atom stereocenters. The number of nitrogens with zero attached hydrogens (tertiary/aromatic N) is 1. The van der Waals surface area contributed by atoms with Crippen LogP contribution in [0, 0.1) is 11.8 Å². The molecule has 0 aromatic carbocycles. The van der Waals surface area contributed by atoms with Crippen molar-refractivity contribution in [2.24, 2.45) is 11.8 Å². The average Bonchev–Trinajstić information content (AvgIpc) is 2.93. The second-order valence-electron chi connectivity index (χ2n) is 6.14. The zero-order valence-electron chi connectivity index (χ0n) is 12.8. The lowest BCUT2D eigenvalue weighted by Crippen LogP contribution is -2.49. The summed E-state index contributed by atoms with van der Waals surface area (Å²) >= 11 is 0. The minimum absolute atomic E-state index is 0.163. The molecule has 2 rings (SSSR count). The third kappa shape index (κ3) is 4.27. The summed E-state index contributed by atoms with van der Waals surface area (Å²) in [6, 6.07) is -1.01. The molecule has 0 aromatic heterocycles. The SMILES string of the molecule is CC(NC(=O)N1C[C@@H](C(F)(F)F)[C@H](C(=O)O)C1)C1CCCCO1. The molecule has 2 saturated heterocycles. The van der Waals surface area contributed by atoms with Crippen LogP contribution in [0.5, 0.6) is 0 Å². The van der Waals surface area contributed by atoms with Gasteiger partial charge in [0, 0.05) is 19.7 Å². The molecule has 23 heavy (non-hydrogen) atoms. The van der Waals surface area contributed by atoms with Crippen molar-refractivity contribution in [3.63, 3.8) is 0 Å². The van der Waals surface area contributed by atoms with Gasteiger partial charge in [-0.05, 0) is 26.2 Å². The molecule has 2 heterocycles. The molecule has 2 aliphatic rings. The second-order valence-corrected chi connectivity index (χ2v) is 6.14. The normalized spacial score (nSPS) is 30.1. The van der Waals surface area contributed by atoms with Crippen molar-refractivity contribution < 1.29 is 32.6 Å². The second kappa shape index (κ2) is 6.94. The summed E-state index contributed by atoms with van der Waals surface area (Å²) in [4.78, 5) is 24.1. The van der Waals surface area contributed by atoms with Gasteiger partial charge in [-0.3, -0.25) is 4.79 Å². The van der Waals surface area contributed by atoms with Crippen LogP contribution in [0.4, 0.5) is 18.0 Å². The number of carbonyl (C=O) groups excluding carboxylic acids is 1. The maximum absolute atomic E-state index is 12.9. The number of halogens is 3. The molecular formula is C14H21F3N2O4. The van der Waals surface area contributed by atoms with E-state index >= 15 is 0 Å². The van der Waals surface area contributed by atoms with Gasteiger partial charge in [0.2, 0.25) is 0 Å². The smallest absolute Gasteiger partial charge is 0.394 e. The molecule has 4 atom stereocenters. The maximum atomic E-state index is 12.9. The number of carboxylic acids is 1. The molecule has 0 aliphatic carbocycles. The minimum atomic E-state index is -4.64. The molecule has 0 radical (unpaired) electrons. The number of rotatable bonds is 3. The van der Waals surface area contributed by atoms with Crippen LogP contribution in [-0.4, -0.2) is 60.0 Å². The van der Waals surface area contributed by atoms with Gasteiger partial charge in [-0.25, -0.2) is 4.79 Å². The van der Waals surface area contributed by atoms with Crippen LogP contribution >= 0.6 is 0 Å². The van der Waals surface area contributed by atoms with Gasteiger partial charge < -0.3 is 20.1 Å². The van der Waals surface area contributed by atoms with Crippen LogP contribution in [0.25, 0.3) is 0 Å². The number of urea groups is 1. The molecule has 0 aromatic rings. The largest absolute Gasteiger partial charge is 0.481 e. The summed E-state index contributed by atoms with van der Waals surface area (Å²) in [6.45, 7) is 1.26. The average molecular weight is 338 g/mol. The number of carboxylic acid groups (broad SMARTS) is 1. The van der Waals surface area contributed by atoms with E-state index in [0.717, 1.165) is 24.2 Å². The fourth-order valence-electron chi connectivity index (χ4n) is 3.09. The summed E-state index contributed by atoms with van der Waals surface area (Å²) in [7, 11) is 0. The van der Waals surface area contributed by atoms with Crippen molar-refractivity contribution in [1.82, 2.24) is 10.2 Å². The van der Waals surface area contributed by atoms with E-state index in [1.807, 2.05) is 0 Å². The molecule has 2 aliphatic heterocycles. The van der Waals surface area contributed by atoms with E-state index < -0.39 is 43.1 Å². The van der Waals surface area contributed by atoms with Crippen molar-refractivity contribution in [3.05, 3.63) is 0 Å². The Bertz CT molecular complexity index is 452. The molecule has 6 nitrogen and oxygen atoms in total. The predicted octanol–water partition coefficient (Wildman–Crippen LogP) is 1.85. The number of aliphatic carboxylic acids is 1. The summed E-state index contributed by atoms with van der Waals surface area (Å²) in [5.41, 5.74) is 0. The van der Waals surface area contributed by atoms with Crippen molar-refractivity contribution in [2.45, 2.75) is 44.5 Å². The number of nitrogens with one attached hydrogen (secondary N) is 1. The van der Waals surface area contributed by atoms with Crippen molar-refractivity contribution in [3.8, 4) is 0 Å². The van der Waals surface area contributed by atoms with Crippen LogP contribution < -0.4 is 5.32 Å². The Hall–Kier alpha value is -1.51. The van der Waals surface area contributed by atoms with Gasteiger partial charge in [0.05, 0.1) is 24.0 Å². The van der Waals surface area contributed by atoms with Gasteiger partial charge in [0.1, 0.15) is 0 Å². The fourth-order valence-corrected chi connectivity index (χ4v) is 3.09. The highest BCUT2D eigenvalue weighted by molar-refractivity contribution is 5.78. The Morgan fingerprint density at radius 2 is 2.00 bits per heavy atom. The minimum Gasteiger partial charge on any atom is -0.481 e. The lowest BCUT2D eigenvalue weighted by atomic mass is 9.96. The number of amides is 2. The highest BCUT2D eigenvalue weighted by Crippen LogP contribution is 2.37. The molecule has 2 N–H and O–H groups in total. The topological polar surface area (TPSA) is 78.9 Å². The van der Waals surface area contributed by atoms with E-state index in [9.17, 15) is 22.8 Å². The quantitative estimate of drug-likeness (QED) is 0.823. The number of alkyl halides is 3. The summed E-state index contributed by atoms with van der Waals surface area (Å²) in [5, 5.41) is 11.6. The monoisotopic (exact) mass is 338 g/mol. The number of hydrogen-bond acceptors (Lipinski definition) is 3. The third-order valence-electron chi connectivity index (χ3n) is 4.47. The van der Waals surface area contributed by atoms with Crippen LogP contribution in [0.1, 0.15) is 26.2 Å². The van der Waals surface area contributed by atoms with Gasteiger partial charge in [-0.1, -0.05) is 0 Å². The summed E-state index contributed by atoms with van der Waals surface area (Å²) in [6.07, 6.45) is -2.09. The Morgan fingerprint density at radius 3 is 2.48 bits per heavy atom.